The average Bonchev–Trinajstić information content (AvgIpc) is 2.85. The number of nitrogens with zero attached hydrogens (tertiary/aromatic N) is 2. The fourth-order valence-corrected chi connectivity index (χ4v) is 2.01. The molecule has 1 amide bonds. The Labute approximate surface area is 114 Å². The van der Waals surface area contributed by atoms with E-state index in [1.165, 1.54) is 0 Å². The van der Waals surface area contributed by atoms with Crippen LogP contribution in [0.4, 0.5) is 0 Å². The number of hydrogen-bond acceptors (Lipinski definition) is 2. The molecule has 0 spiro atoms. The van der Waals surface area contributed by atoms with Gasteiger partial charge in [-0.05, 0) is 30.7 Å². The maximum atomic E-state index is 12.0. The molecule has 5 heteroatoms. The van der Waals surface area contributed by atoms with Gasteiger partial charge in [0.2, 0.25) is 0 Å². The van der Waals surface area contributed by atoms with Crippen LogP contribution in [-0.2, 0) is 6.54 Å². The number of aromatic nitrogens is 2. The molecule has 0 atom stereocenters. The van der Waals surface area contributed by atoms with E-state index >= 15 is 0 Å². The number of nitrogens with one attached hydrogen (secondary N) is 1. The third-order valence-electron chi connectivity index (χ3n) is 2.63. The van der Waals surface area contributed by atoms with Crippen LogP contribution >= 0.6 is 15.9 Å². The Balaban J connectivity index is 1.93. The molecule has 0 unspecified atom stereocenters. The first kappa shape index (κ1) is 12.8. The Hall–Kier alpha value is -1.62. The van der Waals surface area contributed by atoms with Crippen molar-refractivity contribution in [3.8, 4) is 0 Å². The Morgan fingerprint density at radius 3 is 3.06 bits per heavy atom. The summed E-state index contributed by atoms with van der Waals surface area (Å²) in [7, 11) is 0. The molecule has 0 bridgehead atoms. The molecule has 2 aromatic rings. The van der Waals surface area contributed by atoms with Gasteiger partial charge in [0, 0.05) is 29.0 Å². The van der Waals surface area contributed by atoms with Crippen LogP contribution in [0.1, 0.15) is 15.9 Å². The van der Waals surface area contributed by atoms with Crippen LogP contribution in [0.5, 0.6) is 0 Å². The standard InChI is InChI=1S/C13H14BrN3O/c1-10-3-4-11(14)9-12(10)13(18)15-6-8-17-7-2-5-16-17/h2-5,7,9H,6,8H2,1H3,(H,15,18). The summed E-state index contributed by atoms with van der Waals surface area (Å²) in [6.45, 7) is 3.16. The number of benzene rings is 1. The zero-order valence-electron chi connectivity index (χ0n) is 10.1. The van der Waals surface area contributed by atoms with Gasteiger partial charge < -0.3 is 5.32 Å². The normalized spacial score (nSPS) is 10.3. The van der Waals surface area contributed by atoms with E-state index in [9.17, 15) is 4.79 Å². The van der Waals surface area contributed by atoms with Crippen LogP contribution in [0.25, 0.3) is 0 Å². The molecule has 1 heterocycles. The van der Waals surface area contributed by atoms with E-state index in [0.717, 1.165) is 10.0 Å². The first-order valence-corrected chi connectivity index (χ1v) is 6.48. The summed E-state index contributed by atoms with van der Waals surface area (Å²) < 4.78 is 2.69. The fourth-order valence-electron chi connectivity index (χ4n) is 1.65. The molecule has 0 saturated heterocycles. The minimum atomic E-state index is -0.0547. The van der Waals surface area contributed by atoms with Crippen molar-refractivity contribution in [1.82, 2.24) is 15.1 Å². The van der Waals surface area contributed by atoms with E-state index in [0.29, 0.717) is 18.7 Å². The molecule has 0 aliphatic rings. The zero-order valence-corrected chi connectivity index (χ0v) is 11.6. The Morgan fingerprint density at radius 1 is 1.50 bits per heavy atom. The van der Waals surface area contributed by atoms with E-state index in [2.05, 4.69) is 26.3 Å². The Kier molecular flexibility index (Phi) is 4.15. The van der Waals surface area contributed by atoms with Crippen molar-refractivity contribution in [2.45, 2.75) is 13.5 Å². The SMILES string of the molecule is Cc1ccc(Br)cc1C(=O)NCCn1cccn1. The summed E-state index contributed by atoms with van der Waals surface area (Å²) >= 11 is 3.37. The van der Waals surface area contributed by atoms with Gasteiger partial charge in [0.25, 0.3) is 5.91 Å². The van der Waals surface area contributed by atoms with Crippen molar-refractivity contribution < 1.29 is 4.79 Å². The molecule has 0 aliphatic heterocycles. The van der Waals surface area contributed by atoms with Crippen LogP contribution < -0.4 is 5.32 Å². The van der Waals surface area contributed by atoms with Crippen LogP contribution in [0.2, 0.25) is 0 Å². The predicted molar refractivity (Wildman–Crippen MR) is 73.4 cm³/mol. The second-order valence-electron chi connectivity index (χ2n) is 3.98. The molecule has 0 fully saturated rings. The third-order valence-corrected chi connectivity index (χ3v) is 3.12. The highest BCUT2D eigenvalue weighted by molar-refractivity contribution is 9.10. The summed E-state index contributed by atoms with van der Waals surface area (Å²) in [6.07, 6.45) is 3.59. The van der Waals surface area contributed by atoms with Crippen molar-refractivity contribution >= 4 is 21.8 Å². The lowest BCUT2D eigenvalue weighted by Crippen LogP contribution is -2.27. The third kappa shape index (κ3) is 3.20. The molecule has 4 nitrogen and oxygen atoms in total. The molecule has 0 saturated carbocycles. The molecule has 0 radical (unpaired) electrons. The average molecular weight is 308 g/mol. The van der Waals surface area contributed by atoms with Crippen molar-refractivity contribution in [3.63, 3.8) is 0 Å². The summed E-state index contributed by atoms with van der Waals surface area (Å²) in [4.78, 5) is 12.0. The summed E-state index contributed by atoms with van der Waals surface area (Å²) in [6, 6.07) is 7.54. The number of carbonyl (C=O) groups is 1. The van der Waals surface area contributed by atoms with Crippen molar-refractivity contribution in [3.05, 3.63) is 52.3 Å². The van der Waals surface area contributed by atoms with Crippen molar-refractivity contribution in [1.29, 1.82) is 0 Å². The van der Waals surface area contributed by atoms with E-state index in [1.54, 1.807) is 10.9 Å². The molecule has 1 aromatic heterocycles. The molecule has 94 valence electrons. The van der Waals surface area contributed by atoms with Gasteiger partial charge in [-0.3, -0.25) is 9.48 Å². The smallest absolute Gasteiger partial charge is 0.251 e. The Morgan fingerprint density at radius 2 is 2.33 bits per heavy atom. The maximum Gasteiger partial charge on any atom is 0.251 e. The number of hydrogen-bond donors (Lipinski definition) is 1. The van der Waals surface area contributed by atoms with Crippen LogP contribution in [0.3, 0.4) is 0 Å². The molecule has 2 rings (SSSR count). The van der Waals surface area contributed by atoms with E-state index in [-0.39, 0.29) is 5.91 Å². The highest BCUT2D eigenvalue weighted by atomic mass is 79.9. The summed E-state index contributed by atoms with van der Waals surface area (Å²) in [5.74, 6) is -0.0547. The zero-order chi connectivity index (χ0) is 13.0. The van der Waals surface area contributed by atoms with Gasteiger partial charge >= 0.3 is 0 Å². The molecular formula is C13H14BrN3O. The number of aryl methyl sites for hydroxylation is 1. The fraction of sp³-hybridized carbons (Fsp3) is 0.231. The van der Waals surface area contributed by atoms with E-state index in [1.807, 2.05) is 37.4 Å². The van der Waals surface area contributed by atoms with E-state index < -0.39 is 0 Å². The van der Waals surface area contributed by atoms with Gasteiger partial charge in [0.1, 0.15) is 0 Å². The number of amides is 1. The minimum Gasteiger partial charge on any atom is -0.350 e. The van der Waals surface area contributed by atoms with Crippen molar-refractivity contribution in [2.24, 2.45) is 0 Å². The van der Waals surface area contributed by atoms with Crippen molar-refractivity contribution in [2.75, 3.05) is 6.54 Å². The summed E-state index contributed by atoms with van der Waals surface area (Å²) in [5.41, 5.74) is 1.67. The molecular weight excluding hydrogens is 294 g/mol. The van der Waals surface area contributed by atoms with Crippen LogP contribution in [0, 0.1) is 6.92 Å². The van der Waals surface area contributed by atoms with Gasteiger partial charge in [-0.2, -0.15) is 5.10 Å². The van der Waals surface area contributed by atoms with E-state index in [4.69, 9.17) is 0 Å². The van der Waals surface area contributed by atoms with Gasteiger partial charge in [-0.1, -0.05) is 22.0 Å². The first-order valence-electron chi connectivity index (χ1n) is 5.68. The predicted octanol–water partition coefficient (Wildman–Crippen LogP) is 2.38. The quantitative estimate of drug-likeness (QED) is 0.942. The lowest BCUT2D eigenvalue weighted by molar-refractivity contribution is 0.0951. The highest BCUT2D eigenvalue weighted by Gasteiger charge is 2.08. The maximum absolute atomic E-state index is 12.0. The van der Waals surface area contributed by atoms with Crippen LogP contribution in [-0.4, -0.2) is 22.2 Å². The summed E-state index contributed by atoms with van der Waals surface area (Å²) in [5, 5.41) is 6.96. The van der Waals surface area contributed by atoms with Gasteiger partial charge in [0.05, 0.1) is 6.54 Å². The van der Waals surface area contributed by atoms with Gasteiger partial charge in [-0.15, -0.1) is 0 Å². The highest BCUT2D eigenvalue weighted by Crippen LogP contribution is 2.15. The molecule has 18 heavy (non-hydrogen) atoms. The number of rotatable bonds is 4. The second kappa shape index (κ2) is 5.82. The number of carbonyl (C=O) groups excluding carboxylic acids is 1. The lowest BCUT2D eigenvalue weighted by atomic mass is 10.1. The monoisotopic (exact) mass is 307 g/mol. The first-order chi connectivity index (χ1) is 8.66. The lowest BCUT2D eigenvalue weighted by Gasteiger charge is -2.08. The molecule has 1 N–H and O–H groups in total. The Bertz CT molecular complexity index is 537. The largest absolute Gasteiger partial charge is 0.350 e. The molecule has 1 aromatic carbocycles. The topological polar surface area (TPSA) is 46.9 Å². The van der Waals surface area contributed by atoms with Gasteiger partial charge in [0.15, 0.2) is 0 Å². The molecule has 0 aliphatic carbocycles. The van der Waals surface area contributed by atoms with Crippen LogP contribution in [0.15, 0.2) is 41.1 Å². The second-order valence-corrected chi connectivity index (χ2v) is 4.90. The minimum absolute atomic E-state index is 0.0547. The number of halogens is 1. The van der Waals surface area contributed by atoms with Gasteiger partial charge in [-0.25, -0.2) is 0 Å².